The maximum atomic E-state index is 13.0. The first-order valence-electron chi connectivity index (χ1n) is 7.14. The molecule has 1 saturated carbocycles. The number of carboxylic acid groups (broad SMARTS) is 1. The van der Waals surface area contributed by atoms with Gasteiger partial charge < -0.3 is 10.4 Å². The second-order valence-corrected chi connectivity index (χ2v) is 6.01. The smallest absolute Gasteiger partial charge is 0.305 e. The fraction of sp³-hybridized carbons (Fsp3) is 0.500. The summed E-state index contributed by atoms with van der Waals surface area (Å²) in [4.78, 5) is 23.4. The standard InChI is InChI=1S/C16H20FNO3/c1-10(2)13(9-14(19)20)18-15(21)16(7-8-16)11-3-5-12(17)6-4-11/h3-6,10,13H,7-9H2,1-2H3,(H,18,21)(H,19,20). The second kappa shape index (κ2) is 5.84. The topological polar surface area (TPSA) is 66.4 Å². The van der Waals surface area contributed by atoms with Crippen LogP contribution in [0.5, 0.6) is 0 Å². The SMILES string of the molecule is CC(C)C(CC(=O)O)NC(=O)C1(c2ccc(F)cc2)CC1. The molecule has 0 bridgehead atoms. The van der Waals surface area contributed by atoms with Gasteiger partial charge in [0.15, 0.2) is 0 Å². The number of benzene rings is 1. The van der Waals surface area contributed by atoms with Crippen LogP contribution in [0.3, 0.4) is 0 Å². The van der Waals surface area contributed by atoms with Gasteiger partial charge in [0.05, 0.1) is 11.8 Å². The molecule has 0 heterocycles. The Morgan fingerprint density at radius 1 is 1.29 bits per heavy atom. The van der Waals surface area contributed by atoms with Crippen LogP contribution in [0, 0.1) is 11.7 Å². The van der Waals surface area contributed by atoms with E-state index in [4.69, 9.17) is 5.11 Å². The summed E-state index contributed by atoms with van der Waals surface area (Å²) < 4.78 is 13.0. The number of carboxylic acids is 1. The molecule has 1 aliphatic carbocycles. The van der Waals surface area contributed by atoms with Gasteiger partial charge in [-0.3, -0.25) is 9.59 Å². The maximum Gasteiger partial charge on any atom is 0.305 e. The van der Waals surface area contributed by atoms with Crippen LogP contribution in [0.1, 0.15) is 38.7 Å². The van der Waals surface area contributed by atoms with E-state index in [1.807, 2.05) is 13.8 Å². The van der Waals surface area contributed by atoms with Crippen LogP contribution in [0.15, 0.2) is 24.3 Å². The summed E-state index contributed by atoms with van der Waals surface area (Å²) in [5, 5.41) is 11.8. The second-order valence-electron chi connectivity index (χ2n) is 6.01. The normalized spacial score (nSPS) is 17.3. The molecule has 4 nitrogen and oxygen atoms in total. The lowest BCUT2D eigenvalue weighted by molar-refractivity contribution is -0.138. The summed E-state index contributed by atoms with van der Waals surface area (Å²) in [7, 11) is 0. The number of hydrogen-bond acceptors (Lipinski definition) is 2. The van der Waals surface area contributed by atoms with E-state index in [-0.39, 0.29) is 24.1 Å². The molecule has 0 aliphatic heterocycles. The monoisotopic (exact) mass is 293 g/mol. The Balaban J connectivity index is 2.11. The first-order valence-corrected chi connectivity index (χ1v) is 7.14. The lowest BCUT2D eigenvalue weighted by Gasteiger charge is -2.24. The lowest BCUT2D eigenvalue weighted by atomic mass is 9.93. The van der Waals surface area contributed by atoms with Crippen molar-refractivity contribution in [1.29, 1.82) is 0 Å². The molecule has 2 rings (SSSR count). The van der Waals surface area contributed by atoms with Gasteiger partial charge in [-0.25, -0.2) is 4.39 Å². The average molecular weight is 293 g/mol. The molecule has 2 N–H and O–H groups in total. The minimum Gasteiger partial charge on any atom is -0.481 e. The molecule has 0 spiro atoms. The molecule has 1 amide bonds. The molecule has 114 valence electrons. The van der Waals surface area contributed by atoms with Crippen LogP contribution in [0.2, 0.25) is 0 Å². The number of hydrogen-bond donors (Lipinski definition) is 2. The number of rotatable bonds is 6. The Morgan fingerprint density at radius 2 is 1.86 bits per heavy atom. The van der Waals surface area contributed by atoms with Crippen LogP contribution in [0.4, 0.5) is 4.39 Å². The van der Waals surface area contributed by atoms with Gasteiger partial charge in [-0.2, -0.15) is 0 Å². The van der Waals surface area contributed by atoms with E-state index in [0.29, 0.717) is 12.8 Å². The van der Waals surface area contributed by atoms with Crippen molar-refractivity contribution in [2.45, 2.75) is 44.6 Å². The van der Waals surface area contributed by atoms with E-state index in [0.717, 1.165) is 5.56 Å². The zero-order valence-electron chi connectivity index (χ0n) is 12.2. The number of carbonyl (C=O) groups is 2. The Hall–Kier alpha value is -1.91. The lowest BCUT2D eigenvalue weighted by Crippen LogP contribution is -2.45. The number of halogens is 1. The van der Waals surface area contributed by atoms with Crippen molar-refractivity contribution in [2.24, 2.45) is 5.92 Å². The first kappa shape index (κ1) is 15.5. The van der Waals surface area contributed by atoms with Crippen LogP contribution >= 0.6 is 0 Å². The molecule has 1 aromatic rings. The minimum atomic E-state index is -0.930. The highest BCUT2D eigenvalue weighted by Gasteiger charge is 2.51. The Labute approximate surface area is 123 Å². The van der Waals surface area contributed by atoms with Gasteiger partial charge in [-0.05, 0) is 36.5 Å². The minimum absolute atomic E-state index is 0.0362. The van der Waals surface area contributed by atoms with Gasteiger partial charge in [0.25, 0.3) is 0 Å². The average Bonchev–Trinajstić information content (AvgIpc) is 3.19. The molecular weight excluding hydrogens is 273 g/mol. The molecule has 1 fully saturated rings. The molecule has 1 unspecified atom stereocenters. The zero-order chi connectivity index (χ0) is 15.6. The Kier molecular flexibility index (Phi) is 4.30. The number of nitrogens with one attached hydrogen (secondary N) is 1. The van der Waals surface area contributed by atoms with Crippen LogP contribution in [-0.2, 0) is 15.0 Å². The summed E-state index contributed by atoms with van der Waals surface area (Å²) in [5.74, 6) is -1.38. The third kappa shape index (κ3) is 3.40. The summed E-state index contributed by atoms with van der Waals surface area (Å²) in [6, 6.07) is 5.56. The molecule has 1 atom stereocenters. The van der Waals surface area contributed by atoms with E-state index >= 15 is 0 Å². The Morgan fingerprint density at radius 3 is 2.29 bits per heavy atom. The third-order valence-electron chi connectivity index (χ3n) is 4.10. The van der Waals surface area contributed by atoms with Crippen molar-refractivity contribution in [1.82, 2.24) is 5.32 Å². The molecule has 0 aromatic heterocycles. The van der Waals surface area contributed by atoms with E-state index in [9.17, 15) is 14.0 Å². The molecule has 1 aliphatic rings. The highest BCUT2D eigenvalue weighted by Crippen LogP contribution is 2.48. The fourth-order valence-corrected chi connectivity index (χ4v) is 2.49. The fourth-order valence-electron chi connectivity index (χ4n) is 2.49. The quantitative estimate of drug-likeness (QED) is 0.846. The van der Waals surface area contributed by atoms with Crippen molar-refractivity contribution in [2.75, 3.05) is 0 Å². The summed E-state index contributed by atoms with van der Waals surface area (Å²) in [6.07, 6.45) is 1.33. The predicted octanol–water partition coefficient (Wildman–Crippen LogP) is 2.47. The van der Waals surface area contributed by atoms with Gasteiger partial charge in [0.2, 0.25) is 5.91 Å². The zero-order valence-corrected chi connectivity index (χ0v) is 12.2. The summed E-state index contributed by atoms with van der Waals surface area (Å²) in [6.45, 7) is 3.76. The molecule has 0 radical (unpaired) electrons. The van der Waals surface area contributed by atoms with E-state index in [1.165, 1.54) is 12.1 Å². The van der Waals surface area contributed by atoms with Crippen molar-refractivity contribution >= 4 is 11.9 Å². The number of amides is 1. The van der Waals surface area contributed by atoms with Gasteiger partial charge in [0.1, 0.15) is 5.82 Å². The predicted molar refractivity (Wildman–Crippen MR) is 76.3 cm³/mol. The molecular formula is C16H20FNO3. The van der Waals surface area contributed by atoms with Crippen LogP contribution in [0.25, 0.3) is 0 Å². The van der Waals surface area contributed by atoms with Gasteiger partial charge in [0, 0.05) is 6.04 Å². The molecule has 5 heteroatoms. The highest BCUT2D eigenvalue weighted by molar-refractivity contribution is 5.91. The maximum absolute atomic E-state index is 13.0. The van der Waals surface area contributed by atoms with Gasteiger partial charge >= 0.3 is 5.97 Å². The van der Waals surface area contributed by atoms with Crippen molar-refractivity contribution in [3.05, 3.63) is 35.6 Å². The van der Waals surface area contributed by atoms with Crippen LogP contribution < -0.4 is 5.32 Å². The molecule has 21 heavy (non-hydrogen) atoms. The summed E-state index contributed by atoms with van der Waals surface area (Å²) in [5.41, 5.74) is 0.179. The third-order valence-corrected chi connectivity index (χ3v) is 4.10. The largest absolute Gasteiger partial charge is 0.481 e. The molecule has 1 aromatic carbocycles. The van der Waals surface area contributed by atoms with E-state index in [1.54, 1.807) is 12.1 Å². The van der Waals surface area contributed by atoms with E-state index < -0.39 is 17.4 Å². The van der Waals surface area contributed by atoms with Crippen molar-refractivity contribution in [3.8, 4) is 0 Å². The van der Waals surface area contributed by atoms with Crippen molar-refractivity contribution < 1.29 is 19.1 Å². The van der Waals surface area contributed by atoms with Crippen LogP contribution in [-0.4, -0.2) is 23.0 Å². The van der Waals surface area contributed by atoms with Crippen molar-refractivity contribution in [3.63, 3.8) is 0 Å². The molecule has 0 saturated heterocycles. The highest BCUT2D eigenvalue weighted by atomic mass is 19.1. The number of carbonyl (C=O) groups excluding carboxylic acids is 1. The first-order chi connectivity index (χ1) is 9.85. The Bertz CT molecular complexity index is 535. The van der Waals surface area contributed by atoms with Gasteiger partial charge in [-0.1, -0.05) is 26.0 Å². The number of aliphatic carboxylic acids is 1. The summed E-state index contributed by atoms with van der Waals surface area (Å²) >= 11 is 0. The van der Waals surface area contributed by atoms with E-state index in [2.05, 4.69) is 5.32 Å². The van der Waals surface area contributed by atoms with Gasteiger partial charge in [-0.15, -0.1) is 0 Å².